The maximum atomic E-state index is 13.6. The zero-order valence-electron chi connectivity index (χ0n) is 11.3. The molecule has 2 amide bonds. The highest BCUT2D eigenvalue weighted by molar-refractivity contribution is 5.90. The summed E-state index contributed by atoms with van der Waals surface area (Å²) in [7, 11) is 1.43. The maximum Gasteiger partial charge on any atom is 0.334 e. The third kappa shape index (κ3) is 3.60. The van der Waals surface area contributed by atoms with E-state index in [0.717, 1.165) is 0 Å². The lowest BCUT2D eigenvalue weighted by atomic mass is 10.2. The van der Waals surface area contributed by atoms with Gasteiger partial charge in [0.25, 0.3) is 0 Å². The smallest absolute Gasteiger partial charge is 0.334 e. The number of methoxy groups -OCH3 is 1. The molecule has 1 fully saturated rings. The summed E-state index contributed by atoms with van der Waals surface area (Å²) in [6, 6.07) is 3.37. The molecule has 0 radical (unpaired) electrons. The van der Waals surface area contributed by atoms with Gasteiger partial charge in [-0.2, -0.15) is 0 Å². The minimum absolute atomic E-state index is 0.0299. The fraction of sp³-hybridized carbons (Fsp3) is 0.385. The van der Waals surface area contributed by atoms with Crippen LogP contribution in [0.15, 0.2) is 18.2 Å². The van der Waals surface area contributed by atoms with Gasteiger partial charge in [-0.15, -0.1) is 0 Å². The Morgan fingerprint density at radius 2 is 2.29 bits per heavy atom. The third-order valence-corrected chi connectivity index (χ3v) is 3.04. The number of carboxylic acid groups (broad SMARTS) is 1. The van der Waals surface area contributed by atoms with Gasteiger partial charge in [-0.3, -0.25) is 0 Å². The molecule has 1 saturated heterocycles. The molecular weight excluding hydrogens is 283 g/mol. The summed E-state index contributed by atoms with van der Waals surface area (Å²) in [5, 5.41) is 11.3. The van der Waals surface area contributed by atoms with Crippen molar-refractivity contribution in [3.8, 4) is 5.75 Å². The van der Waals surface area contributed by atoms with E-state index in [0.29, 0.717) is 5.75 Å². The number of aliphatic carboxylic acids is 1. The second-order valence-electron chi connectivity index (χ2n) is 4.42. The van der Waals surface area contributed by atoms with Crippen LogP contribution < -0.4 is 10.1 Å². The number of carboxylic acids is 1. The van der Waals surface area contributed by atoms with Gasteiger partial charge in [0.2, 0.25) is 0 Å². The van der Waals surface area contributed by atoms with E-state index in [1.54, 1.807) is 0 Å². The Bertz CT molecular complexity index is 551. The van der Waals surface area contributed by atoms with Crippen LogP contribution in [0.4, 0.5) is 14.9 Å². The summed E-state index contributed by atoms with van der Waals surface area (Å²) in [6.45, 7) is 0.263. The van der Waals surface area contributed by atoms with Gasteiger partial charge in [0, 0.05) is 12.6 Å². The molecule has 114 valence electrons. The molecule has 1 heterocycles. The van der Waals surface area contributed by atoms with Crippen molar-refractivity contribution in [2.75, 3.05) is 32.1 Å². The zero-order valence-corrected chi connectivity index (χ0v) is 11.3. The van der Waals surface area contributed by atoms with Crippen molar-refractivity contribution in [2.45, 2.75) is 6.10 Å². The van der Waals surface area contributed by atoms with Gasteiger partial charge >= 0.3 is 12.0 Å². The van der Waals surface area contributed by atoms with Crippen molar-refractivity contribution < 1.29 is 28.6 Å². The first-order valence-corrected chi connectivity index (χ1v) is 6.25. The van der Waals surface area contributed by atoms with Crippen molar-refractivity contribution in [1.29, 1.82) is 0 Å². The fourth-order valence-electron chi connectivity index (χ4n) is 1.90. The molecule has 2 rings (SSSR count). The van der Waals surface area contributed by atoms with E-state index in [2.05, 4.69) is 5.32 Å². The Hall–Kier alpha value is -2.35. The quantitative estimate of drug-likeness (QED) is 0.874. The van der Waals surface area contributed by atoms with E-state index in [1.165, 1.54) is 30.2 Å². The zero-order chi connectivity index (χ0) is 15.4. The topological polar surface area (TPSA) is 88.1 Å². The predicted octanol–water partition coefficient (Wildman–Crippen LogP) is 1.15. The highest BCUT2D eigenvalue weighted by atomic mass is 19.1. The Balaban J connectivity index is 2.05. The molecule has 1 aliphatic rings. The number of carbonyl (C=O) groups excluding carboxylic acids is 1. The van der Waals surface area contributed by atoms with Crippen LogP contribution in [0.25, 0.3) is 0 Å². The number of ether oxygens (including phenoxy) is 2. The van der Waals surface area contributed by atoms with Crippen LogP contribution in [0.5, 0.6) is 5.75 Å². The second kappa shape index (κ2) is 6.40. The van der Waals surface area contributed by atoms with E-state index in [-0.39, 0.29) is 25.4 Å². The number of anilines is 1. The average molecular weight is 298 g/mol. The molecule has 0 spiro atoms. The lowest BCUT2D eigenvalue weighted by Crippen LogP contribution is -2.50. The number of nitrogens with one attached hydrogen (secondary N) is 1. The molecule has 0 aromatic heterocycles. The van der Waals surface area contributed by atoms with Crippen LogP contribution >= 0.6 is 0 Å². The number of rotatable bonds is 3. The minimum Gasteiger partial charge on any atom is -0.497 e. The van der Waals surface area contributed by atoms with Crippen molar-refractivity contribution >= 4 is 17.7 Å². The number of halogens is 1. The number of hydrogen-bond acceptors (Lipinski definition) is 4. The van der Waals surface area contributed by atoms with Gasteiger partial charge < -0.3 is 24.8 Å². The van der Waals surface area contributed by atoms with E-state index in [9.17, 15) is 14.0 Å². The predicted molar refractivity (Wildman–Crippen MR) is 70.9 cm³/mol. The lowest BCUT2D eigenvalue weighted by molar-refractivity contribution is -0.154. The molecule has 1 aromatic carbocycles. The highest BCUT2D eigenvalue weighted by Gasteiger charge is 2.29. The first-order valence-electron chi connectivity index (χ1n) is 6.25. The van der Waals surface area contributed by atoms with Gasteiger partial charge in [-0.25, -0.2) is 14.0 Å². The average Bonchev–Trinajstić information content (AvgIpc) is 2.49. The molecule has 1 aliphatic heterocycles. The Morgan fingerprint density at radius 1 is 1.52 bits per heavy atom. The molecule has 1 aromatic rings. The number of hydrogen-bond donors (Lipinski definition) is 2. The molecular formula is C13H15FN2O5. The number of urea groups is 1. The molecule has 21 heavy (non-hydrogen) atoms. The minimum atomic E-state index is -1.14. The normalized spacial score (nSPS) is 18.2. The van der Waals surface area contributed by atoms with Crippen molar-refractivity contribution in [3.63, 3.8) is 0 Å². The van der Waals surface area contributed by atoms with E-state index in [4.69, 9.17) is 14.6 Å². The lowest BCUT2D eigenvalue weighted by Gasteiger charge is -2.30. The van der Waals surface area contributed by atoms with Gasteiger partial charge in [-0.1, -0.05) is 0 Å². The summed E-state index contributed by atoms with van der Waals surface area (Å²) < 4.78 is 23.6. The monoisotopic (exact) mass is 298 g/mol. The van der Waals surface area contributed by atoms with Gasteiger partial charge in [-0.05, 0) is 12.1 Å². The number of nitrogens with zero attached hydrogens (tertiary/aromatic N) is 1. The molecule has 0 aliphatic carbocycles. The third-order valence-electron chi connectivity index (χ3n) is 3.04. The molecule has 2 N–H and O–H groups in total. The van der Waals surface area contributed by atoms with Crippen molar-refractivity contribution in [2.24, 2.45) is 0 Å². The summed E-state index contributed by atoms with van der Waals surface area (Å²) >= 11 is 0. The number of carbonyl (C=O) groups is 2. The van der Waals surface area contributed by atoms with Crippen LogP contribution in [-0.2, 0) is 9.53 Å². The molecule has 8 heteroatoms. The van der Waals surface area contributed by atoms with Crippen LogP contribution in [0.1, 0.15) is 0 Å². The second-order valence-corrected chi connectivity index (χ2v) is 4.42. The van der Waals surface area contributed by atoms with Gasteiger partial charge in [0.05, 0.1) is 25.9 Å². The van der Waals surface area contributed by atoms with E-state index in [1.807, 2.05) is 0 Å². The van der Waals surface area contributed by atoms with Crippen molar-refractivity contribution in [1.82, 2.24) is 4.90 Å². The van der Waals surface area contributed by atoms with Crippen LogP contribution in [0.3, 0.4) is 0 Å². The summed E-state index contributed by atoms with van der Waals surface area (Å²) in [4.78, 5) is 24.2. The summed E-state index contributed by atoms with van der Waals surface area (Å²) in [5.41, 5.74) is -0.0299. The maximum absolute atomic E-state index is 13.6. The Labute approximate surface area is 120 Å². The van der Waals surface area contributed by atoms with Gasteiger partial charge in [0.1, 0.15) is 11.6 Å². The molecule has 1 atom stereocenters. The first kappa shape index (κ1) is 15.0. The number of benzene rings is 1. The largest absolute Gasteiger partial charge is 0.497 e. The van der Waals surface area contributed by atoms with Crippen LogP contribution in [0.2, 0.25) is 0 Å². The van der Waals surface area contributed by atoms with Crippen LogP contribution in [-0.4, -0.2) is 54.9 Å². The van der Waals surface area contributed by atoms with Gasteiger partial charge in [0.15, 0.2) is 6.10 Å². The Morgan fingerprint density at radius 3 is 2.95 bits per heavy atom. The standard InChI is InChI=1S/C13H15FN2O5/c1-20-8-2-3-9(14)10(6-8)15-13(19)16-4-5-21-11(7-16)12(17)18/h2-3,6,11H,4-5,7H2,1H3,(H,15,19)(H,17,18). The van der Waals surface area contributed by atoms with Crippen LogP contribution in [0, 0.1) is 5.82 Å². The Kier molecular flexibility index (Phi) is 4.59. The first-order chi connectivity index (χ1) is 10.0. The number of morpholine rings is 1. The molecule has 0 bridgehead atoms. The fourth-order valence-corrected chi connectivity index (χ4v) is 1.90. The highest BCUT2D eigenvalue weighted by Crippen LogP contribution is 2.21. The van der Waals surface area contributed by atoms with E-state index < -0.39 is 23.9 Å². The molecule has 1 unspecified atom stereocenters. The number of amides is 2. The molecule has 0 saturated carbocycles. The molecule has 7 nitrogen and oxygen atoms in total. The summed E-state index contributed by atoms with van der Waals surface area (Å²) in [5.74, 6) is -1.34. The SMILES string of the molecule is COc1ccc(F)c(NC(=O)N2CCOC(C(=O)O)C2)c1. The summed E-state index contributed by atoms with van der Waals surface area (Å²) in [6.07, 6.45) is -1.07. The van der Waals surface area contributed by atoms with E-state index >= 15 is 0 Å². The van der Waals surface area contributed by atoms with Crippen molar-refractivity contribution in [3.05, 3.63) is 24.0 Å².